The Labute approximate surface area is 194 Å². The van der Waals surface area contributed by atoms with Crippen molar-refractivity contribution in [3.8, 4) is 17.0 Å². The van der Waals surface area contributed by atoms with Crippen molar-refractivity contribution in [2.75, 3.05) is 12.4 Å². The highest BCUT2D eigenvalue weighted by Gasteiger charge is 2.12. The molecule has 0 aliphatic rings. The fraction of sp³-hybridized carbons (Fsp3) is 0.0800. The predicted octanol–water partition coefficient (Wildman–Crippen LogP) is 3.49. The highest BCUT2D eigenvalue weighted by molar-refractivity contribution is 6.04. The first-order valence-corrected chi connectivity index (χ1v) is 10.5. The van der Waals surface area contributed by atoms with Gasteiger partial charge in [0.05, 0.1) is 30.4 Å². The largest absolute Gasteiger partial charge is 0.497 e. The zero-order valence-electron chi connectivity index (χ0n) is 18.2. The van der Waals surface area contributed by atoms with Gasteiger partial charge in [0, 0.05) is 35.7 Å². The number of aromatic nitrogens is 5. The minimum Gasteiger partial charge on any atom is -0.497 e. The molecule has 0 saturated carbocycles. The number of ether oxygens (including phenoxy) is 1. The number of carbonyl (C=O) groups is 1. The molecule has 1 amide bonds. The first kappa shape index (κ1) is 21.1. The van der Waals surface area contributed by atoms with Gasteiger partial charge in [-0.25, -0.2) is 9.67 Å². The van der Waals surface area contributed by atoms with E-state index in [0.717, 1.165) is 16.6 Å². The number of rotatable bonds is 6. The molecule has 5 rings (SSSR count). The Morgan fingerprint density at radius 1 is 1.09 bits per heavy atom. The molecular formula is C25H20N6O3. The number of aromatic amines is 1. The molecule has 0 aliphatic carbocycles. The van der Waals surface area contributed by atoms with Crippen molar-refractivity contribution in [1.82, 2.24) is 24.7 Å². The highest BCUT2D eigenvalue weighted by atomic mass is 16.5. The minimum atomic E-state index is -0.322. The number of carbonyl (C=O) groups excluding carboxylic acids is 1. The Balaban J connectivity index is 1.36. The summed E-state index contributed by atoms with van der Waals surface area (Å²) in [5.74, 6) is 0.705. The molecule has 0 saturated heterocycles. The lowest BCUT2D eigenvalue weighted by molar-refractivity contribution is 0.102. The maximum absolute atomic E-state index is 12.8. The number of amides is 1. The molecule has 2 aromatic carbocycles. The summed E-state index contributed by atoms with van der Waals surface area (Å²) in [5, 5.41) is 7.24. The van der Waals surface area contributed by atoms with Crippen molar-refractivity contribution in [2.45, 2.75) is 6.54 Å². The van der Waals surface area contributed by atoms with Crippen molar-refractivity contribution in [3.63, 3.8) is 0 Å². The number of anilines is 1. The predicted molar refractivity (Wildman–Crippen MR) is 128 cm³/mol. The van der Waals surface area contributed by atoms with Gasteiger partial charge < -0.3 is 9.72 Å². The van der Waals surface area contributed by atoms with Crippen LogP contribution in [0.5, 0.6) is 5.75 Å². The van der Waals surface area contributed by atoms with Gasteiger partial charge in [0.2, 0.25) is 5.95 Å². The van der Waals surface area contributed by atoms with Gasteiger partial charge in [-0.1, -0.05) is 12.1 Å². The van der Waals surface area contributed by atoms with Gasteiger partial charge in [0.25, 0.3) is 11.5 Å². The molecule has 0 radical (unpaired) electrons. The van der Waals surface area contributed by atoms with Crippen LogP contribution in [0, 0.1) is 0 Å². The average molecular weight is 452 g/mol. The van der Waals surface area contributed by atoms with Gasteiger partial charge >= 0.3 is 0 Å². The first-order chi connectivity index (χ1) is 16.6. The number of imidazole rings is 1. The van der Waals surface area contributed by atoms with Gasteiger partial charge in [0.1, 0.15) is 5.75 Å². The van der Waals surface area contributed by atoms with Crippen molar-refractivity contribution in [1.29, 1.82) is 0 Å². The van der Waals surface area contributed by atoms with Crippen molar-refractivity contribution in [2.24, 2.45) is 0 Å². The van der Waals surface area contributed by atoms with Crippen LogP contribution in [0.15, 0.2) is 83.9 Å². The van der Waals surface area contributed by atoms with Crippen LogP contribution in [0.25, 0.3) is 22.3 Å². The van der Waals surface area contributed by atoms with Crippen molar-refractivity contribution in [3.05, 3.63) is 101 Å². The highest BCUT2D eigenvalue weighted by Crippen LogP contribution is 2.21. The van der Waals surface area contributed by atoms with E-state index in [1.807, 2.05) is 30.3 Å². The van der Waals surface area contributed by atoms with E-state index in [4.69, 9.17) is 4.74 Å². The summed E-state index contributed by atoms with van der Waals surface area (Å²) >= 11 is 0. The summed E-state index contributed by atoms with van der Waals surface area (Å²) in [6.45, 7) is 0.221. The van der Waals surface area contributed by atoms with Crippen LogP contribution in [0.1, 0.15) is 15.9 Å². The van der Waals surface area contributed by atoms with E-state index in [2.05, 4.69) is 25.4 Å². The second kappa shape index (κ2) is 8.99. The SMILES string of the molecule is COc1ccc2nc(NC(=O)c3cccc(Cn4nc(-c5cccnc5)ccc4=O)c3)[nH]c2c1. The Hall–Kier alpha value is -4.79. The molecule has 3 heterocycles. The normalized spacial score (nSPS) is 10.9. The molecule has 9 heteroatoms. The summed E-state index contributed by atoms with van der Waals surface area (Å²) in [5.41, 5.74) is 3.88. The molecule has 0 fully saturated rings. The standard InChI is InChI=1S/C25H20N6O3/c1-34-19-7-8-21-22(13-19)28-25(27-21)29-24(33)17-5-2-4-16(12-17)15-31-23(32)10-9-20(30-31)18-6-3-11-26-14-18/h2-14H,15H2,1H3,(H2,27,28,29,33). The van der Waals surface area contributed by atoms with Crippen LogP contribution in [0.2, 0.25) is 0 Å². The molecular weight excluding hydrogens is 432 g/mol. The Morgan fingerprint density at radius 2 is 2.00 bits per heavy atom. The van der Waals surface area contributed by atoms with E-state index in [1.165, 1.54) is 10.7 Å². The number of nitrogens with zero attached hydrogens (tertiary/aromatic N) is 4. The third-order valence-electron chi connectivity index (χ3n) is 5.27. The quantitative estimate of drug-likeness (QED) is 0.408. The van der Waals surface area contributed by atoms with Crippen LogP contribution < -0.4 is 15.6 Å². The molecule has 0 atom stereocenters. The van der Waals surface area contributed by atoms with E-state index < -0.39 is 0 Å². The summed E-state index contributed by atoms with van der Waals surface area (Å²) in [4.78, 5) is 36.8. The molecule has 2 N–H and O–H groups in total. The fourth-order valence-corrected chi connectivity index (χ4v) is 3.57. The molecule has 34 heavy (non-hydrogen) atoms. The van der Waals surface area contributed by atoms with E-state index >= 15 is 0 Å². The van der Waals surface area contributed by atoms with E-state index in [0.29, 0.717) is 28.5 Å². The summed E-state index contributed by atoms with van der Waals surface area (Å²) in [6.07, 6.45) is 3.37. The van der Waals surface area contributed by atoms with E-state index in [-0.39, 0.29) is 18.0 Å². The number of pyridine rings is 1. The lowest BCUT2D eigenvalue weighted by Gasteiger charge is -2.09. The molecule has 9 nitrogen and oxygen atoms in total. The van der Waals surface area contributed by atoms with Gasteiger partial charge in [-0.2, -0.15) is 5.10 Å². The second-order valence-electron chi connectivity index (χ2n) is 7.58. The number of methoxy groups -OCH3 is 1. The van der Waals surface area contributed by atoms with Gasteiger partial charge in [-0.15, -0.1) is 0 Å². The van der Waals surface area contributed by atoms with E-state index in [1.54, 1.807) is 49.8 Å². The molecule has 0 bridgehead atoms. The van der Waals surface area contributed by atoms with Gasteiger partial charge in [0.15, 0.2) is 0 Å². The zero-order chi connectivity index (χ0) is 23.5. The number of benzene rings is 2. The van der Waals surface area contributed by atoms with Crippen molar-refractivity contribution >= 4 is 22.9 Å². The van der Waals surface area contributed by atoms with Crippen LogP contribution in [0.4, 0.5) is 5.95 Å². The maximum atomic E-state index is 12.8. The smallest absolute Gasteiger partial charge is 0.267 e. The van der Waals surface area contributed by atoms with Crippen LogP contribution in [0.3, 0.4) is 0 Å². The van der Waals surface area contributed by atoms with Gasteiger partial charge in [-0.3, -0.25) is 19.9 Å². The number of nitrogens with one attached hydrogen (secondary N) is 2. The third-order valence-corrected chi connectivity index (χ3v) is 5.27. The lowest BCUT2D eigenvalue weighted by Crippen LogP contribution is -2.23. The first-order valence-electron chi connectivity index (χ1n) is 10.5. The van der Waals surface area contributed by atoms with Crippen LogP contribution in [-0.2, 0) is 6.54 Å². The summed E-state index contributed by atoms with van der Waals surface area (Å²) < 4.78 is 6.58. The maximum Gasteiger partial charge on any atom is 0.267 e. The number of fused-ring (bicyclic) bond motifs is 1. The topological polar surface area (TPSA) is 115 Å². The average Bonchev–Trinajstić information content (AvgIpc) is 3.27. The number of hydrogen-bond donors (Lipinski definition) is 2. The van der Waals surface area contributed by atoms with Crippen LogP contribution in [-0.4, -0.2) is 37.7 Å². The lowest BCUT2D eigenvalue weighted by atomic mass is 10.1. The zero-order valence-corrected chi connectivity index (χ0v) is 18.2. The minimum absolute atomic E-state index is 0.221. The van der Waals surface area contributed by atoms with Crippen LogP contribution >= 0.6 is 0 Å². The molecule has 3 aromatic heterocycles. The molecule has 0 spiro atoms. The number of H-pyrrole nitrogens is 1. The number of hydrogen-bond acceptors (Lipinski definition) is 6. The monoisotopic (exact) mass is 452 g/mol. The van der Waals surface area contributed by atoms with Crippen molar-refractivity contribution < 1.29 is 9.53 Å². The summed E-state index contributed by atoms with van der Waals surface area (Å²) in [7, 11) is 1.59. The molecule has 0 unspecified atom stereocenters. The molecule has 168 valence electrons. The Kier molecular flexibility index (Phi) is 5.57. The fourth-order valence-electron chi connectivity index (χ4n) is 3.57. The van der Waals surface area contributed by atoms with Gasteiger partial charge in [-0.05, 0) is 48.0 Å². The second-order valence-corrected chi connectivity index (χ2v) is 7.58. The Bertz CT molecular complexity index is 1540. The Morgan fingerprint density at radius 3 is 2.82 bits per heavy atom. The van der Waals surface area contributed by atoms with E-state index in [9.17, 15) is 9.59 Å². The third kappa shape index (κ3) is 4.40. The molecule has 5 aromatic rings. The molecule has 0 aliphatic heterocycles. The summed E-state index contributed by atoms with van der Waals surface area (Å²) in [6, 6.07) is 19.3.